The second-order valence-electron chi connectivity index (χ2n) is 3.65. The Morgan fingerprint density at radius 1 is 1.39 bits per heavy atom. The zero-order chi connectivity index (χ0) is 13.0. The SMILES string of the molecule is CCc1cccnc1CNc1nc(Cl)ncc1Br. The van der Waals surface area contributed by atoms with Gasteiger partial charge in [0.05, 0.1) is 16.7 Å². The predicted molar refractivity (Wildman–Crippen MR) is 75.7 cm³/mol. The maximum absolute atomic E-state index is 5.76. The van der Waals surface area contributed by atoms with Gasteiger partial charge in [-0.1, -0.05) is 13.0 Å². The Kier molecular flexibility index (Phi) is 4.49. The number of anilines is 1. The van der Waals surface area contributed by atoms with Gasteiger partial charge in [-0.15, -0.1) is 0 Å². The molecule has 2 heterocycles. The molecular formula is C12H12BrClN4. The summed E-state index contributed by atoms with van der Waals surface area (Å²) in [5, 5.41) is 3.42. The van der Waals surface area contributed by atoms with Crippen LogP contribution >= 0.6 is 27.5 Å². The Morgan fingerprint density at radius 3 is 3.00 bits per heavy atom. The lowest BCUT2D eigenvalue weighted by Crippen LogP contribution is -2.07. The molecule has 0 aliphatic carbocycles. The van der Waals surface area contributed by atoms with E-state index in [1.165, 1.54) is 5.56 Å². The highest BCUT2D eigenvalue weighted by Gasteiger charge is 2.06. The Bertz CT molecular complexity index is 547. The Morgan fingerprint density at radius 2 is 2.22 bits per heavy atom. The van der Waals surface area contributed by atoms with Gasteiger partial charge in [-0.25, -0.2) is 4.98 Å². The second kappa shape index (κ2) is 6.11. The number of pyridine rings is 1. The molecule has 0 spiro atoms. The molecule has 2 aromatic rings. The smallest absolute Gasteiger partial charge is 0.224 e. The van der Waals surface area contributed by atoms with E-state index in [1.807, 2.05) is 6.07 Å². The van der Waals surface area contributed by atoms with Gasteiger partial charge < -0.3 is 5.32 Å². The fourth-order valence-electron chi connectivity index (χ4n) is 1.59. The van der Waals surface area contributed by atoms with Gasteiger partial charge in [-0.2, -0.15) is 4.98 Å². The van der Waals surface area contributed by atoms with Crippen molar-refractivity contribution in [3.63, 3.8) is 0 Å². The molecule has 1 N–H and O–H groups in total. The van der Waals surface area contributed by atoms with Crippen LogP contribution in [0.4, 0.5) is 5.82 Å². The molecule has 2 aromatic heterocycles. The highest BCUT2D eigenvalue weighted by molar-refractivity contribution is 9.10. The summed E-state index contributed by atoms with van der Waals surface area (Å²) in [6, 6.07) is 4.02. The van der Waals surface area contributed by atoms with Crippen LogP contribution in [0.3, 0.4) is 0 Å². The number of rotatable bonds is 4. The Labute approximate surface area is 119 Å². The molecule has 2 rings (SSSR count). The van der Waals surface area contributed by atoms with E-state index in [1.54, 1.807) is 12.4 Å². The first-order chi connectivity index (χ1) is 8.70. The molecule has 0 aliphatic heterocycles. The molecule has 0 saturated heterocycles. The molecule has 0 fully saturated rings. The van der Waals surface area contributed by atoms with Gasteiger partial charge in [0.1, 0.15) is 5.82 Å². The van der Waals surface area contributed by atoms with Gasteiger partial charge in [-0.3, -0.25) is 4.98 Å². The van der Waals surface area contributed by atoms with Crippen LogP contribution in [-0.4, -0.2) is 15.0 Å². The lowest BCUT2D eigenvalue weighted by Gasteiger charge is -2.09. The first-order valence-electron chi connectivity index (χ1n) is 5.55. The lowest BCUT2D eigenvalue weighted by molar-refractivity contribution is 0.959. The average Bonchev–Trinajstić information content (AvgIpc) is 2.40. The molecule has 0 bridgehead atoms. The van der Waals surface area contributed by atoms with E-state index in [4.69, 9.17) is 11.6 Å². The molecule has 4 nitrogen and oxygen atoms in total. The predicted octanol–water partition coefficient (Wildman–Crippen LogP) is 3.46. The van der Waals surface area contributed by atoms with Crippen molar-refractivity contribution < 1.29 is 0 Å². The zero-order valence-electron chi connectivity index (χ0n) is 9.82. The molecule has 0 aliphatic rings. The number of nitrogens with one attached hydrogen (secondary N) is 1. The number of halogens is 2. The van der Waals surface area contributed by atoms with Crippen LogP contribution < -0.4 is 5.32 Å². The standard InChI is InChI=1S/C12H12BrClN4/c1-2-8-4-3-5-15-10(8)7-16-11-9(13)6-17-12(14)18-11/h3-6H,2,7H2,1H3,(H,16,17,18). The van der Waals surface area contributed by atoms with Crippen molar-refractivity contribution in [1.29, 1.82) is 0 Å². The lowest BCUT2D eigenvalue weighted by atomic mass is 10.1. The molecule has 0 unspecified atom stereocenters. The van der Waals surface area contributed by atoms with Gasteiger partial charge in [0.15, 0.2) is 0 Å². The molecular weight excluding hydrogens is 316 g/mol. The van der Waals surface area contributed by atoms with Crippen molar-refractivity contribution in [3.05, 3.63) is 45.5 Å². The minimum absolute atomic E-state index is 0.220. The summed E-state index contributed by atoms with van der Waals surface area (Å²) in [7, 11) is 0. The minimum atomic E-state index is 0.220. The third kappa shape index (κ3) is 3.17. The summed E-state index contributed by atoms with van der Waals surface area (Å²) in [6.45, 7) is 2.72. The topological polar surface area (TPSA) is 50.7 Å². The maximum atomic E-state index is 5.76. The molecule has 0 saturated carbocycles. The molecule has 0 radical (unpaired) electrons. The van der Waals surface area contributed by atoms with Crippen LogP contribution in [-0.2, 0) is 13.0 Å². The van der Waals surface area contributed by atoms with E-state index in [2.05, 4.69) is 49.2 Å². The molecule has 0 aromatic carbocycles. The minimum Gasteiger partial charge on any atom is -0.363 e. The Balaban J connectivity index is 2.14. The van der Waals surface area contributed by atoms with Crippen LogP contribution in [0.15, 0.2) is 29.0 Å². The number of aryl methyl sites for hydroxylation is 1. The number of hydrogen-bond acceptors (Lipinski definition) is 4. The number of nitrogens with zero attached hydrogens (tertiary/aromatic N) is 3. The summed E-state index contributed by atoms with van der Waals surface area (Å²) in [5.41, 5.74) is 2.24. The summed E-state index contributed by atoms with van der Waals surface area (Å²) >= 11 is 9.13. The van der Waals surface area contributed by atoms with Crippen molar-refractivity contribution in [3.8, 4) is 0 Å². The third-order valence-electron chi connectivity index (χ3n) is 2.50. The highest BCUT2D eigenvalue weighted by Crippen LogP contribution is 2.21. The van der Waals surface area contributed by atoms with E-state index in [9.17, 15) is 0 Å². The van der Waals surface area contributed by atoms with Crippen LogP contribution in [0.2, 0.25) is 5.28 Å². The van der Waals surface area contributed by atoms with Gasteiger partial charge >= 0.3 is 0 Å². The molecule has 18 heavy (non-hydrogen) atoms. The van der Waals surface area contributed by atoms with Crippen LogP contribution in [0.1, 0.15) is 18.2 Å². The van der Waals surface area contributed by atoms with E-state index < -0.39 is 0 Å². The van der Waals surface area contributed by atoms with Crippen LogP contribution in [0.5, 0.6) is 0 Å². The van der Waals surface area contributed by atoms with E-state index in [0.717, 1.165) is 16.6 Å². The first-order valence-corrected chi connectivity index (χ1v) is 6.72. The largest absolute Gasteiger partial charge is 0.363 e. The molecule has 0 atom stereocenters. The van der Waals surface area contributed by atoms with Gasteiger partial charge in [0, 0.05) is 12.4 Å². The highest BCUT2D eigenvalue weighted by atomic mass is 79.9. The maximum Gasteiger partial charge on any atom is 0.224 e. The van der Waals surface area contributed by atoms with Crippen LogP contribution in [0.25, 0.3) is 0 Å². The van der Waals surface area contributed by atoms with Crippen molar-refractivity contribution in [2.75, 3.05) is 5.32 Å². The summed E-state index contributed by atoms with van der Waals surface area (Å²) in [5.74, 6) is 0.669. The van der Waals surface area contributed by atoms with Crippen molar-refractivity contribution in [2.45, 2.75) is 19.9 Å². The monoisotopic (exact) mass is 326 g/mol. The third-order valence-corrected chi connectivity index (χ3v) is 3.27. The van der Waals surface area contributed by atoms with Crippen molar-refractivity contribution >= 4 is 33.3 Å². The zero-order valence-corrected chi connectivity index (χ0v) is 12.2. The van der Waals surface area contributed by atoms with Gasteiger partial charge in [0.25, 0.3) is 0 Å². The fraction of sp³-hybridized carbons (Fsp3) is 0.250. The second-order valence-corrected chi connectivity index (χ2v) is 4.84. The molecule has 6 heteroatoms. The van der Waals surface area contributed by atoms with Crippen molar-refractivity contribution in [2.24, 2.45) is 0 Å². The first kappa shape index (κ1) is 13.2. The fourth-order valence-corrected chi connectivity index (χ4v) is 2.05. The number of aromatic nitrogens is 3. The van der Waals surface area contributed by atoms with E-state index in [0.29, 0.717) is 12.4 Å². The summed E-state index contributed by atoms with van der Waals surface area (Å²) < 4.78 is 0.779. The molecule has 0 amide bonds. The normalized spacial score (nSPS) is 10.4. The quantitative estimate of drug-likeness (QED) is 0.874. The van der Waals surface area contributed by atoms with E-state index >= 15 is 0 Å². The number of hydrogen-bond donors (Lipinski definition) is 1. The van der Waals surface area contributed by atoms with Gasteiger partial charge in [0.2, 0.25) is 5.28 Å². The van der Waals surface area contributed by atoms with Crippen molar-refractivity contribution in [1.82, 2.24) is 15.0 Å². The summed E-state index contributed by atoms with van der Waals surface area (Å²) in [4.78, 5) is 12.4. The Hall–Kier alpha value is -1.20. The summed E-state index contributed by atoms with van der Waals surface area (Å²) in [6.07, 6.45) is 4.37. The average molecular weight is 328 g/mol. The van der Waals surface area contributed by atoms with Crippen LogP contribution in [0, 0.1) is 0 Å². The van der Waals surface area contributed by atoms with E-state index in [-0.39, 0.29) is 5.28 Å². The van der Waals surface area contributed by atoms with Gasteiger partial charge in [-0.05, 0) is 45.6 Å². The molecule has 94 valence electrons.